The summed E-state index contributed by atoms with van der Waals surface area (Å²) in [5.74, 6) is -0.699. The van der Waals surface area contributed by atoms with Gasteiger partial charge in [0.05, 0.1) is 15.2 Å². The van der Waals surface area contributed by atoms with Crippen molar-refractivity contribution in [3.05, 3.63) is 58.6 Å². The van der Waals surface area contributed by atoms with E-state index in [-0.39, 0.29) is 24.9 Å². The molecule has 0 aliphatic carbocycles. The van der Waals surface area contributed by atoms with Gasteiger partial charge >= 0.3 is 5.97 Å². The van der Waals surface area contributed by atoms with E-state index in [9.17, 15) is 9.59 Å². The van der Waals surface area contributed by atoms with Crippen molar-refractivity contribution in [1.82, 2.24) is 4.98 Å². The monoisotopic (exact) mass is 382 g/mol. The number of esters is 1. The number of hydrogen-bond acceptors (Lipinski definition) is 5. The molecule has 0 aliphatic rings. The second-order valence-corrected chi connectivity index (χ2v) is 7.50. The molecular formula is C21H22N2O3S. The number of fused-ring (bicyclic) bond motifs is 1. The molecule has 1 aromatic heterocycles. The minimum Gasteiger partial charge on any atom is -0.456 e. The number of ether oxygens (including phenoxy) is 1. The van der Waals surface area contributed by atoms with Crippen LogP contribution < -0.4 is 5.32 Å². The Balaban J connectivity index is 1.40. The lowest BCUT2D eigenvalue weighted by molar-refractivity contribution is -0.147. The minimum atomic E-state index is -0.368. The highest BCUT2D eigenvalue weighted by Gasteiger charge is 2.10. The molecule has 1 heterocycles. The van der Waals surface area contributed by atoms with Crippen LogP contribution in [0.15, 0.2) is 42.5 Å². The Morgan fingerprint density at radius 2 is 1.93 bits per heavy atom. The normalized spacial score (nSPS) is 10.7. The number of nitrogens with one attached hydrogen (secondary N) is 1. The zero-order chi connectivity index (χ0) is 19.2. The van der Waals surface area contributed by atoms with Gasteiger partial charge in [-0.2, -0.15) is 0 Å². The van der Waals surface area contributed by atoms with Crippen molar-refractivity contribution >= 4 is 39.1 Å². The van der Waals surface area contributed by atoms with Crippen LogP contribution in [0.3, 0.4) is 0 Å². The fourth-order valence-corrected chi connectivity index (χ4v) is 3.71. The number of hydrogen-bond donors (Lipinski definition) is 1. The van der Waals surface area contributed by atoms with E-state index in [1.54, 1.807) is 11.3 Å². The lowest BCUT2D eigenvalue weighted by Gasteiger charge is -2.10. The Morgan fingerprint density at radius 1 is 1.11 bits per heavy atom. The predicted octanol–water partition coefficient (Wildman–Crippen LogP) is 4.42. The van der Waals surface area contributed by atoms with Crippen LogP contribution in [-0.2, 0) is 20.7 Å². The molecule has 0 aliphatic heterocycles. The Morgan fingerprint density at radius 3 is 2.74 bits per heavy atom. The van der Waals surface area contributed by atoms with E-state index in [0.717, 1.165) is 38.5 Å². The van der Waals surface area contributed by atoms with Crippen LogP contribution in [0.4, 0.5) is 5.69 Å². The SMILES string of the molecule is Cc1cccc(NC(=O)COC(=O)CCCc2nc3ccccc3s2)c1C. The van der Waals surface area contributed by atoms with Gasteiger partial charge in [0.15, 0.2) is 6.61 Å². The number of anilines is 1. The molecule has 140 valence electrons. The number of para-hydroxylation sites is 1. The lowest BCUT2D eigenvalue weighted by atomic mass is 10.1. The summed E-state index contributed by atoms with van der Waals surface area (Å²) in [7, 11) is 0. The van der Waals surface area contributed by atoms with E-state index in [4.69, 9.17) is 4.74 Å². The maximum atomic E-state index is 12.0. The number of aromatic nitrogens is 1. The van der Waals surface area contributed by atoms with Gasteiger partial charge in [0.25, 0.3) is 5.91 Å². The summed E-state index contributed by atoms with van der Waals surface area (Å²) in [4.78, 5) is 28.4. The van der Waals surface area contributed by atoms with Gasteiger partial charge < -0.3 is 10.1 Å². The summed E-state index contributed by atoms with van der Waals surface area (Å²) >= 11 is 1.64. The summed E-state index contributed by atoms with van der Waals surface area (Å²) < 4.78 is 6.23. The van der Waals surface area contributed by atoms with Gasteiger partial charge in [-0.3, -0.25) is 9.59 Å². The molecule has 0 spiro atoms. The molecule has 0 saturated heterocycles. The fraction of sp³-hybridized carbons (Fsp3) is 0.286. The van der Waals surface area contributed by atoms with Crippen molar-refractivity contribution in [2.45, 2.75) is 33.1 Å². The van der Waals surface area contributed by atoms with Gasteiger partial charge in [-0.1, -0.05) is 24.3 Å². The number of amides is 1. The molecule has 0 atom stereocenters. The summed E-state index contributed by atoms with van der Waals surface area (Å²) in [5, 5.41) is 3.79. The molecule has 5 nitrogen and oxygen atoms in total. The number of rotatable bonds is 7. The maximum absolute atomic E-state index is 12.0. The maximum Gasteiger partial charge on any atom is 0.306 e. The first-order valence-electron chi connectivity index (χ1n) is 8.89. The summed E-state index contributed by atoms with van der Waals surface area (Å²) in [6.45, 7) is 3.66. The second kappa shape index (κ2) is 8.77. The number of thiazole rings is 1. The van der Waals surface area contributed by atoms with Crippen molar-refractivity contribution in [3.63, 3.8) is 0 Å². The molecule has 0 unspecified atom stereocenters. The van der Waals surface area contributed by atoms with Crippen LogP contribution in [0, 0.1) is 13.8 Å². The zero-order valence-corrected chi connectivity index (χ0v) is 16.3. The van der Waals surface area contributed by atoms with Crippen LogP contribution in [0.25, 0.3) is 10.2 Å². The van der Waals surface area contributed by atoms with Crippen molar-refractivity contribution in [2.75, 3.05) is 11.9 Å². The average molecular weight is 382 g/mol. The van der Waals surface area contributed by atoms with Gasteiger partial charge in [0, 0.05) is 12.1 Å². The van der Waals surface area contributed by atoms with Crippen molar-refractivity contribution in [2.24, 2.45) is 0 Å². The Hall–Kier alpha value is -2.73. The third-order valence-electron chi connectivity index (χ3n) is 4.35. The van der Waals surface area contributed by atoms with Crippen LogP contribution in [0.2, 0.25) is 0 Å². The van der Waals surface area contributed by atoms with Crippen molar-refractivity contribution in [3.8, 4) is 0 Å². The summed E-state index contributed by atoms with van der Waals surface area (Å²) in [5.41, 5.74) is 3.84. The van der Waals surface area contributed by atoms with Crippen LogP contribution in [-0.4, -0.2) is 23.5 Å². The van der Waals surface area contributed by atoms with Gasteiger partial charge in [0.2, 0.25) is 0 Å². The average Bonchev–Trinajstić information content (AvgIpc) is 3.06. The molecule has 0 fully saturated rings. The number of nitrogens with zero attached hydrogens (tertiary/aromatic N) is 1. The van der Waals surface area contributed by atoms with Crippen LogP contribution in [0.1, 0.15) is 29.0 Å². The Labute approximate surface area is 162 Å². The van der Waals surface area contributed by atoms with Gasteiger partial charge in [-0.25, -0.2) is 4.98 Å². The van der Waals surface area contributed by atoms with Gasteiger partial charge in [0.1, 0.15) is 0 Å². The highest BCUT2D eigenvalue weighted by Crippen LogP contribution is 2.22. The van der Waals surface area contributed by atoms with Crippen molar-refractivity contribution < 1.29 is 14.3 Å². The van der Waals surface area contributed by atoms with E-state index >= 15 is 0 Å². The number of carbonyl (C=O) groups is 2. The van der Waals surface area contributed by atoms with E-state index in [2.05, 4.69) is 10.3 Å². The van der Waals surface area contributed by atoms with Gasteiger partial charge in [-0.15, -0.1) is 11.3 Å². The largest absolute Gasteiger partial charge is 0.456 e. The number of aryl methyl sites for hydroxylation is 2. The van der Waals surface area contributed by atoms with E-state index in [1.807, 2.05) is 56.3 Å². The van der Waals surface area contributed by atoms with E-state index in [0.29, 0.717) is 6.42 Å². The summed E-state index contributed by atoms with van der Waals surface area (Å²) in [6.07, 6.45) is 1.65. The highest BCUT2D eigenvalue weighted by atomic mass is 32.1. The zero-order valence-electron chi connectivity index (χ0n) is 15.5. The third-order valence-corrected chi connectivity index (χ3v) is 5.45. The molecule has 1 N–H and O–H groups in total. The molecule has 3 aromatic rings. The molecule has 0 saturated carbocycles. The first-order valence-corrected chi connectivity index (χ1v) is 9.71. The minimum absolute atomic E-state index is 0.270. The van der Waals surface area contributed by atoms with Crippen molar-refractivity contribution in [1.29, 1.82) is 0 Å². The first kappa shape index (κ1) is 19.0. The predicted molar refractivity (Wildman–Crippen MR) is 108 cm³/mol. The molecule has 2 aromatic carbocycles. The molecule has 6 heteroatoms. The van der Waals surface area contributed by atoms with Crippen LogP contribution >= 0.6 is 11.3 Å². The quantitative estimate of drug-likeness (QED) is 0.614. The first-order chi connectivity index (χ1) is 13.0. The molecule has 0 radical (unpaired) electrons. The lowest BCUT2D eigenvalue weighted by Crippen LogP contribution is -2.21. The fourth-order valence-electron chi connectivity index (χ4n) is 2.70. The smallest absolute Gasteiger partial charge is 0.306 e. The van der Waals surface area contributed by atoms with Gasteiger partial charge in [-0.05, 0) is 56.0 Å². The standard InChI is InChI=1S/C21H22N2O3S/c1-14-7-5-9-16(15(14)2)22-19(24)13-26-21(25)12-6-11-20-23-17-8-3-4-10-18(17)27-20/h3-5,7-10H,6,11-13H2,1-2H3,(H,22,24). The Bertz CT molecular complexity index is 932. The second-order valence-electron chi connectivity index (χ2n) is 6.39. The molecular weight excluding hydrogens is 360 g/mol. The van der Waals surface area contributed by atoms with E-state index in [1.165, 1.54) is 0 Å². The number of carbonyl (C=O) groups excluding carboxylic acids is 2. The van der Waals surface area contributed by atoms with Crippen LogP contribution in [0.5, 0.6) is 0 Å². The molecule has 3 rings (SSSR count). The highest BCUT2D eigenvalue weighted by molar-refractivity contribution is 7.18. The third kappa shape index (κ3) is 5.14. The topological polar surface area (TPSA) is 68.3 Å². The number of benzene rings is 2. The Kier molecular flexibility index (Phi) is 6.19. The molecule has 1 amide bonds. The summed E-state index contributed by atoms with van der Waals surface area (Å²) in [6, 6.07) is 13.7. The van der Waals surface area contributed by atoms with E-state index < -0.39 is 0 Å². The molecule has 0 bridgehead atoms. The molecule has 27 heavy (non-hydrogen) atoms.